The number of rotatable bonds is 2. The van der Waals surface area contributed by atoms with Gasteiger partial charge in [0.1, 0.15) is 11.2 Å². The van der Waals surface area contributed by atoms with Gasteiger partial charge < -0.3 is 4.42 Å². The third kappa shape index (κ3) is 1.97. The van der Waals surface area contributed by atoms with E-state index in [1.807, 2.05) is 36.4 Å². The highest BCUT2D eigenvalue weighted by molar-refractivity contribution is 7.13. The Labute approximate surface area is 131 Å². The second-order valence-corrected chi connectivity index (χ2v) is 6.21. The normalized spacial score (nSPS) is 11.3. The van der Waals surface area contributed by atoms with E-state index in [0.29, 0.717) is 21.9 Å². The fourth-order valence-electron chi connectivity index (χ4n) is 2.87. The maximum absolute atomic E-state index is 12.8. The van der Waals surface area contributed by atoms with Gasteiger partial charge in [-0.25, -0.2) is 0 Å². The second kappa shape index (κ2) is 5.11. The Balaban J connectivity index is 2.15. The molecule has 3 heteroatoms. The molecule has 0 saturated heterocycles. The van der Waals surface area contributed by atoms with E-state index in [1.54, 1.807) is 11.3 Å². The fraction of sp³-hybridized carbons (Fsp3) is 0.105. The van der Waals surface area contributed by atoms with E-state index < -0.39 is 0 Å². The van der Waals surface area contributed by atoms with E-state index in [9.17, 15) is 4.79 Å². The van der Waals surface area contributed by atoms with Gasteiger partial charge in [0.25, 0.3) is 0 Å². The molecule has 0 fully saturated rings. The molecule has 0 N–H and O–H groups in total. The van der Waals surface area contributed by atoms with Gasteiger partial charge in [0.15, 0.2) is 0 Å². The highest BCUT2D eigenvalue weighted by Crippen LogP contribution is 2.31. The van der Waals surface area contributed by atoms with Gasteiger partial charge in [0.05, 0.1) is 10.8 Å². The molecule has 0 atom stereocenters. The maximum Gasteiger partial charge on any atom is 0.200 e. The minimum absolute atomic E-state index is 0.0615. The summed E-state index contributed by atoms with van der Waals surface area (Å²) in [5.74, 6) is 0. The van der Waals surface area contributed by atoms with Gasteiger partial charge in [-0.1, -0.05) is 25.1 Å². The van der Waals surface area contributed by atoms with Crippen LogP contribution in [0.5, 0.6) is 0 Å². The van der Waals surface area contributed by atoms with Crippen molar-refractivity contribution in [3.63, 3.8) is 0 Å². The molecule has 0 aliphatic carbocycles. The first-order valence-electron chi connectivity index (χ1n) is 7.30. The van der Waals surface area contributed by atoms with Crippen LogP contribution in [-0.4, -0.2) is 0 Å². The summed E-state index contributed by atoms with van der Waals surface area (Å²) in [5.41, 5.74) is 3.53. The molecule has 2 aromatic heterocycles. The van der Waals surface area contributed by atoms with E-state index in [0.717, 1.165) is 17.5 Å². The van der Waals surface area contributed by atoms with E-state index in [4.69, 9.17) is 4.42 Å². The number of aryl methyl sites for hydroxylation is 1. The fourth-order valence-corrected chi connectivity index (χ4v) is 3.59. The predicted octanol–water partition coefficient (Wildman–Crippen LogP) is 5.24. The lowest BCUT2D eigenvalue weighted by molar-refractivity contribution is 0.659. The molecule has 0 bridgehead atoms. The summed E-state index contributed by atoms with van der Waals surface area (Å²) in [4.78, 5) is 14.0. The first-order chi connectivity index (χ1) is 10.8. The molecule has 0 radical (unpaired) electrons. The molecule has 2 aromatic carbocycles. The maximum atomic E-state index is 12.8. The summed E-state index contributed by atoms with van der Waals surface area (Å²) < 4.78 is 6.01. The van der Waals surface area contributed by atoms with Crippen molar-refractivity contribution < 1.29 is 4.42 Å². The van der Waals surface area contributed by atoms with Gasteiger partial charge >= 0.3 is 0 Å². The van der Waals surface area contributed by atoms with E-state index in [-0.39, 0.29) is 5.43 Å². The van der Waals surface area contributed by atoms with E-state index >= 15 is 0 Å². The topological polar surface area (TPSA) is 30.2 Å². The first-order valence-corrected chi connectivity index (χ1v) is 8.18. The van der Waals surface area contributed by atoms with E-state index in [1.165, 1.54) is 4.88 Å². The average Bonchev–Trinajstić information content (AvgIpc) is 3.08. The predicted molar refractivity (Wildman–Crippen MR) is 92.7 cm³/mol. The number of hydrogen-bond acceptors (Lipinski definition) is 3. The van der Waals surface area contributed by atoms with Gasteiger partial charge in [-0.3, -0.25) is 4.79 Å². The van der Waals surface area contributed by atoms with Gasteiger partial charge in [0.2, 0.25) is 5.43 Å². The molecule has 0 spiro atoms. The molecule has 0 aliphatic heterocycles. The van der Waals surface area contributed by atoms with Crippen molar-refractivity contribution in [3.05, 3.63) is 69.7 Å². The molecule has 4 aromatic rings. The van der Waals surface area contributed by atoms with Crippen molar-refractivity contribution in [2.45, 2.75) is 13.3 Å². The van der Waals surface area contributed by atoms with Crippen molar-refractivity contribution in [3.8, 4) is 10.4 Å². The Kier molecular flexibility index (Phi) is 3.09. The van der Waals surface area contributed by atoms with Gasteiger partial charge in [-0.15, -0.1) is 11.3 Å². The van der Waals surface area contributed by atoms with Crippen LogP contribution in [0.25, 0.3) is 32.4 Å². The Morgan fingerprint density at radius 2 is 1.91 bits per heavy atom. The smallest absolute Gasteiger partial charge is 0.200 e. The highest BCUT2D eigenvalue weighted by atomic mass is 32.1. The molecule has 2 heterocycles. The Hall–Kier alpha value is -2.39. The van der Waals surface area contributed by atoms with Gasteiger partial charge in [0, 0.05) is 4.88 Å². The average molecular weight is 306 g/mol. The molecule has 4 rings (SSSR count). The lowest BCUT2D eigenvalue weighted by Gasteiger charge is -2.08. The molecule has 108 valence electrons. The third-order valence-electron chi connectivity index (χ3n) is 3.95. The summed E-state index contributed by atoms with van der Waals surface area (Å²) in [5, 5.41) is 3.41. The van der Waals surface area contributed by atoms with Crippen LogP contribution in [0.4, 0.5) is 0 Å². The molecule has 0 aliphatic rings. The van der Waals surface area contributed by atoms with Gasteiger partial charge in [-0.2, -0.15) is 0 Å². The lowest BCUT2D eigenvalue weighted by atomic mass is 10.0. The SMILES string of the molecule is CCc1cc(-c2cccs2)cc2oc3ccccc3c(=O)c12. The molecule has 0 saturated carbocycles. The zero-order chi connectivity index (χ0) is 15.1. The number of hydrogen-bond donors (Lipinski definition) is 0. The lowest BCUT2D eigenvalue weighted by Crippen LogP contribution is -2.05. The third-order valence-corrected chi connectivity index (χ3v) is 4.87. The minimum Gasteiger partial charge on any atom is -0.456 e. The number of para-hydroxylation sites is 1. The zero-order valence-electron chi connectivity index (χ0n) is 12.1. The number of thiophene rings is 1. The Morgan fingerprint density at radius 1 is 1.05 bits per heavy atom. The van der Waals surface area contributed by atoms with Crippen LogP contribution in [0.3, 0.4) is 0 Å². The Bertz CT molecular complexity index is 1030. The minimum atomic E-state index is 0.0615. The summed E-state index contributed by atoms with van der Waals surface area (Å²) >= 11 is 1.69. The molecule has 2 nitrogen and oxygen atoms in total. The monoisotopic (exact) mass is 306 g/mol. The standard InChI is InChI=1S/C19H14O2S/c1-2-12-10-13(17-8-5-9-22-17)11-16-18(12)19(20)14-6-3-4-7-15(14)21-16/h3-11H,2H2,1H3. The molecular formula is C19H14O2S. The van der Waals surface area contributed by atoms with Crippen molar-refractivity contribution in [2.24, 2.45) is 0 Å². The summed E-state index contributed by atoms with van der Waals surface area (Å²) in [6.07, 6.45) is 0.804. The van der Waals surface area contributed by atoms with Crippen LogP contribution < -0.4 is 5.43 Å². The highest BCUT2D eigenvalue weighted by Gasteiger charge is 2.13. The first kappa shape index (κ1) is 13.3. The van der Waals surface area contributed by atoms with Crippen LogP contribution >= 0.6 is 11.3 Å². The molecule has 0 amide bonds. The van der Waals surface area contributed by atoms with Crippen LogP contribution in [0.2, 0.25) is 0 Å². The number of benzene rings is 2. The number of fused-ring (bicyclic) bond motifs is 2. The van der Waals surface area contributed by atoms with Crippen LogP contribution in [0.1, 0.15) is 12.5 Å². The van der Waals surface area contributed by atoms with E-state index in [2.05, 4.69) is 24.4 Å². The Morgan fingerprint density at radius 3 is 2.68 bits per heavy atom. The quantitative estimate of drug-likeness (QED) is 0.474. The summed E-state index contributed by atoms with van der Waals surface area (Å²) in [6.45, 7) is 2.07. The van der Waals surface area contributed by atoms with Crippen LogP contribution in [0, 0.1) is 0 Å². The van der Waals surface area contributed by atoms with Crippen molar-refractivity contribution in [1.29, 1.82) is 0 Å². The summed E-state index contributed by atoms with van der Waals surface area (Å²) in [6, 6.07) is 15.6. The largest absolute Gasteiger partial charge is 0.456 e. The van der Waals surface area contributed by atoms with Crippen LogP contribution in [-0.2, 0) is 6.42 Å². The molecule has 0 unspecified atom stereocenters. The van der Waals surface area contributed by atoms with Gasteiger partial charge in [-0.05, 0) is 53.3 Å². The van der Waals surface area contributed by atoms with Crippen LogP contribution in [0.15, 0.2) is 63.1 Å². The molecule has 22 heavy (non-hydrogen) atoms. The molecular weight excluding hydrogens is 292 g/mol. The second-order valence-electron chi connectivity index (χ2n) is 5.27. The zero-order valence-corrected chi connectivity index (χ0v) is 12.9. The van der Waals surface area contributed by atoms with Crippen molar-refractivity contribution in [2.75, 3.05) is 0 Å². The summed E-state index contributed by atoms with van der Waals surface area (Å²) in [7, 11) is 0. The van der Waals surface area contributed by atoms with Crippen molar-refractivity contribution in [1.82, 2.24) is 0 Å². The van der Waals surface area contributed by atoms with Crippen molar-refractivity contribution >= 4 is 33.3 Å².